The van der Waals surface area contributed by atoms with Crippen molar-refractivity contribution in [2.75, 3.05) is 13.2 Å². The highest BCUT2D eigenvalue weighted by Gasteiger charge is 2.20. The van der Waals surface area contributed by atoms with Crippen LogP contribution in [0.4, 0.5) is 0 Å². The number of ether oxygens (including phenoxy) is 2. The molecule has 386 valence electrons. The zero-order valence-electron chi connectivity index (χ0n) is 43.4. The minimum atomic E-state index is 0.729. The van der Waals surface area contributed by atoms with E-state index in [2.05, 4.69) is 177 Å². The maximum atomic E-state index is 6.31. The van der Waals surface area contributed by atoms with E-state index in [9.17, 15) is 0 Å². The van der Waals surface area contributed by atoms with Gasteiger partial charge in [-0.15, -0.1) is 22.7 Å². The molecular formula is C64H72Br2N4O2S2. The molecule has 0 saturated carbocycles. The molecule has 74 heavy (non-hydrogen) atoms. The lowest BCUT2D eigenvalue weighted by Gasteiger charge is -2.09. The molecule has 0 radical (unpaired) electrons. The second kappa shape index (κ2) is 27.7. The number of H-pyrrole nitrogens is 2. The lowest BCUT2D eigenvalue weighted by Crippen LogP contribution is -1.97. The smallest absolute Gasteiger partial charge is 0.119 e. The molecule has 0 spiro atoms. The summed E-state index contributed by atoms with van der Waals surface area (Å²) < 4.78 is 14.8. The maximum Gasteiger partial charge on any atom is 0.119 e. The Bertz CT molecular complexity index is 2930. The first-order valence-corrected chi connectivity index (χ1v) is 30.8. The highest BCUT2D eigenvalue weighted by atomic mass is 79.9. The molecular weight excluding hydrogens is 1080 g/mol. The predicted octanol–water partition coefficient (Wildman–Crippen LogP) is 21.6. The van der Waals surface area contributed by atoms with Crippen molar-refractivity contribution in [1.82, 2.24) is 19.9 Å². The van der Waals surface area contributed by atoms with Gasteiger partial charge in [0.15, 0.2) is 0 Å². The van der Waals surface area contributed by atoms with Gasteiger partial charge in [0.05, 0.1) is 43.6 Å². The Balaban J connectivity index is 1.05. The quantitative estimate of drug-likeness (QED) is 0.0479. The molecule has 7 aromatic rings. The molecule has 2 aliphatic rings. The second-order valence-electron chi connectivity index (χ2n) is 19.8. The van der Waals surface area contributed by atoms with E-state index >= 15 is 0 Å². The average molecular weight is 1150 g/mol. The predicted molar refractivity (Wildman–Crippen MR) is 326 cm³/mol. The number of aromatic nitrogens is 4. The maximum absolute atomic E-state index is 6.31. The summed E-state index contributed by atoms with van der Waals surface area (Å²) in [5.74, 6) is 1.78. The third-order valence-electron chi connectivity index (χ3n) is 14.2. The topological polar surface area (TPSA) is 75.8 Å². The van der Waals surface area contributed by atoms with Crippen LogP contribution in [-0.4, -0.2) is 33.1 Å². The highest BCUT2D eigenvalue weighted by molar-refractivity contribution is 9.11. The van der Waals surface area contributed by atoms with Crippen LogP contribution >= 0.6 is 54.5 Å². The first-order valence-electron chi connectivity index (χ1n) is 27.6. The fraction of sp³-hybridized carbons (Fsp3) is 0.375. The number of nitrogens with one attached hydrogen (secondary N) is 2. The van der Waals surface area contributed by atoms with E-state index < -0.39 is 0 Å². The molecule has 6 nitrogen and oxygen atoms in total. The van der Waals surface area contributed by atoms with Crippen molar-refractivity contribution in [3.8, 4) is 54.6 Å². The molecule has 8 bridgehead atoms. The Morgan fingerprint density at radius 3 is 1.00 bits per heavy atom. The Hall–Kier alpha value is -5.00. The molecule has 0 unspecified atom stereocenters. The monoisotopic (exact) mass is 1150 g/mol. The summed E-state index contributed by atoms with van der Waals surface area (Å²) in [5.41, 5.74) is 13.7. The van der Waals surface area contributed by atoms with Crippen LogP contribution < -0.4 is 9.47 Å². The highest BCUT2D eigenvalue weighted by Crippen LogP contribution is 2.42. The zero-order chi connectivity index (χ0) is 50.9. The van der Waals surface area contributed by atoms with Gasteiger partial charge < -0.3 is 19.4 Å². The number of aromatic amines is 2. The van der Waals surface area contributed by atoms with Crippen molar-refractivity contribution in [3.05, 3.63) is 127 Å². The first kappa shape index (κ1) is 53.8. The van der Waals surface area contributed by atoms with E-state index in [1.807, 2.05) is 0 Å². The van der Waals surface area contributed by atoms with Gasteiger partial charge in [0.25, 0.3) is 0 Å². The number of benzene rings is 2. The summed E-state index contributed by atoms with van der Waals surface area (Å²) in [6.07, 6.45) is 34.8. The minimum absolute atomic E-state index is 0.729. The lowest BCUT2D eigenvalue weighted by molar-refractivity contribution is 0.304. The molecule has 0 aliphatic carbocycles. The van der Waals surface area contributed by atoms with Gasteiger partial charge in [-0.25, -0.2) is 9.97 Å². The molecule has 2 aromatic carbocycles. The lowest BCUT2D eigenvalue weighted by atomic mass is 10.0. The molecule has 7 heterocycles. The van der Waals surface area contributed by atoms with Crippen molar-refractivity contribution >= 4 is 101 Å². The van der Waals surface area contributed by atoms with Crippen molar-refractivity contribution in [1.29, 1.82) is 0 Å². The molecule has 9 rings (SSSR count). The summed E-state index contributed by atoms with van der Waals surface area (Å²) in [6.45, 7) is 6.02. The molecule has 0 atom stereocenters. The van der Waals surface area contributed by atoms with E-state index in [4.69, 9.17) is 19.4 Å². The van der Waals surface area contributed by atoms with Gasteiger partial charge >= 0.3 is 0 Å². The normalized spacial score (nSPS) is 12.1. The van der Waals surface area contributed by atoms with Crippen LogP contribution in [0.25, 0.3) is 89.5 Å². The second-order valence-corrected chi connectivity index (χ2v) is 24.7. The van der Waals surface area contributed by atoms with Crippen molar-refractivity contribution in [2.24, 2.45) is 0 Å². The number of thiophene rings is 2. The molecule has 2 N–H and O–H groups in total. The van der Waals surface area contributed by atoms with Crippen LogP contribution in [0.5, 0.6) is 11.5 Å². The number of fused-ring (bicyclic) bond motifs is 8. The average Bonchev–Trinajstić information content (AvgIpc) is 4.30. The SMILES string of the molecule is CCCCCCCCCCCCOc1ccc(-c2c3nc(c(-c4ccc(Br)s4)c4ccc([nH]4)c(-c4ccc(OCCCCCCCCCCCC)cc4)c4nc(c(-c5ccc(Br)s5)c5ccc2[nH]5)C=C4)C=C3)cc1. The number of nitrogens with zero attached hydrogens (tertiary/aromatic N) is 2. The van der Waals surface area contributed by atoms with Gasteiger partial charge in [-0.05, 0) is 153 Å². The molecule has 10 heteroatoms. The Labute approximate surface area is 464 Å². The van der Waals surface area contributed by atoms with Crippen LogP contribution in [0.2, 0.25) is 0 Å². The van der Waals surface area contributed by atoms with Crippen LogP contribution in [0, 0.1) is 0 Å². The van der Waals surface area contributed by atoms with E-state index in [1.54, 1.807) is 22.7 Å². The first-order chi connectivity index (χ1) is 36.4. The Morgan fingerprint density at radius 1 is 0.365 bits per heavy atom. The van der Waals surface area contributed by atoms with E-state index in [0.717, 1.165) is 133 Å². The largest absolute Gasteiger partial charge is 0.494 e. The third-order valence-corrected chi connectivity index (χ3v) is 17.5. The number of halogens is 2. The molecule has 5 aromatic heterocycles. The van der Waals surface area contributed by atoms with Gasteiger partial charge in [0, 0.05) is 54.1 Å². The van der Waals surface area contributed by atoms with Gasteiger partial charge in [0.1, 0.15) is 11.5 Å². The van der Waals surface area contributed by atoms with Crippen molar-refractivity contribution in [2.45, 2.75) is 142 Å². The fourth-order valence-electron chi connectivity index (χ4n) is 10.2. The molecule has 0 saturated heterocycles. The molecule has 2 aliphatic heterocycles. The van der Waals surface area contributed by atoms with Crippen molar-refractivity contribution < 1.29 is 9.47 Å². The standard InChI is InChI=1S/C64H72Br2N4O2S2/c1-3-5-7-9-11-13-15-17-19-21-43-71-47-27-23-45(24-28-47)61-49-31-35-53(67-49)63(57-39-41-59(65)73-57)55-37-33-51(69-55)62(46-25-29-48(30-26-46)72-44-22-20-18-16-14-12-10-8-6-4-2)52-34-38-56(70-52)64(54-36-32-50(61)68-54)58-40-42-60(66)74-58/h23-42,67,70H,3-22,43-44H2,1-2H3. The summed E-state index contributed by atoms with van der Waals surface area (Å²) in [4.78, 5) is 21.0. The summed E-state index contributed by atoms with van der Waals surface area (Å²) in [5, 5.41) is 0. The van der Waals surface area contributed by atoms with Crippen molar-refractivity contribution in [3.63, 3.8) is 0 Å². The molecule has 0 amide bonds. The van der Waals surface area contributed by atoms with Gasteiger partial charge in [-0.3, -0.25) is 0 Å². The fourth-order valence-corrected chi connectivity index (χ4v) is 13.1. The van der Waals surface area contributed by atoms with E-state index in [1.165, 1.54) is 116 Å². The number of hydrogen-bond donors (Lipinski definition) is 2. The Kier molecular flexibility index (Phi) is 20.1. The summed E-state index contributed by atoms with van der Waals surface area (Å²) >= 11 is 11.0. The molecule has 0 fully saturated rings. The zero-order valence-corrected chi connectivity index (χ0v) is 48.2. The van der Waals surface area contributed by atoms with Crippen LogP contribution in [0.15, 0.2) is 105 Å². The summed E-state index contributed by atoms with van der Waals surface area (Å²) in [7, 11) is 0. The van der Waals surface area contributed by atoms with Gasteiger partial charge in [0.2, 0.25) is 0 Å². The van der Waals surface area contributed by atoms with Gasteiger partial charge in [-0.2, -0.15) is 0 Å². The third kappa shape index (κ3) is 14.3. The van der Waals surface area contributed by atoms with Crippen LogP contribution in [-0.2, 0) is 0 Å². The number of rotatable bonds is 28. The van der Waals surface area contributed by atoms with Gasteiger partial charge in [-0.1, -0.05) is 154 Å². The van der Waals surface area contributed by atoms with E-state index in [0.29, 0.717) is 0 Å². The van der Waals surface area contributed by atoms with Crippen LogP contribution in [0.3, 0.4) is 0 Å². The summed E-state index contributed by atoms with van der Waals surface area (Å²) in [6, 6.07) is 34.5. The Morgan fingerprint density at radius 2 is 0.676 bits per heavy atom. The van der Waals surface area contributed by atoms with E-state index in [-0.39, 0.29) is 0 Å². The minimum Gasteiger partial charge on any atom is -0.494 e. The number of unbranched alkanes of at least 4 members (excludes halogenated alkanes) is 18. The van der Waals surface area contributed by atoms with Crippen LogP contribution in [0.1, 0.15) is 165 Å². The number of hydrogen-bond acceptors (Lipinski definition) is 6.